The van der Waals surface area contributed by atoms with Crippen LogP contribution < -0.4 is 5.32 Å². The van der Waals surface area contributed by atoms with Crippen LogP contribution in [0.4, 0.5) is 13.6 Å². The van der Waals surface area contributed by atoms with Crippen molar-refractivity contribution in [1.29, 1.82) is 0 Å². The first-order valence-corrected chi connectivity index (χ1v) is 12.8. The van der Waals surface area contributed by atoms with Crippen LogP contribution in [0.3, 0.4) is 0 Å². The molecule has 1 saturated heterocycles. The van der Waals surface area contributed by atoms with Crippen LogP contribution in [-0.4, -0.2) is 83.2 Å². The van der Waals surface area contributed by atoms with E-state index in [0.29, 0.717) is 0 Å². The van der Waals surface area contributed by atoms with Crippen molar-refractivity contribution in [3.8, 4) is 0 Å². The maximum atomic E-state index is 14.0. The SMILES string of the molecule is COCC(C)(C)C(=O)N(C1CCC(F)(F)CC1)[C@H]1C[C@@H](C(=O)NC(C)(C)C)N(C(=O)OC(C)(C)C)C1. The summed E-state index contributed by atoms with van der Waals surface area (Å²) in [6.45, 7) is 14.5. The number of hydrogen-bond acceptors (Lipinski definition) is 5. The molecule has 2 atom stereocenters. The number of alkyl halides is 2. The highest BCUT2D eigenvalue weighted by Gasteiger charge is 2.50. The van der Waals surface area contributed by atoms with Gasteiger partial charge in [-0.2, -0.15) is 0 Å². The molecule has 0 aromatic heterocycles. The molecule has 1 aliphatic carbocycles. The molecule has 0 unspecified atom stereocenters. The van der Waals surface area contributed by atoms with E-state index in [-0.39, 0.29) is 57.1 Å². The van der Waals surface area contributed by atoms with Crippen molar-refractivity contribution < 1.29 is 32.6 Å². The second kappa shape index (κ2) is 10.8. The van der Waals surface area contributed by atoms with Gasteiger partial charge >= 0.3 is 6.09 Å². The number of carbonyl (C=O) groups is 3. The molecule has 1 heterocycles. The molecule has 0 spiro atoms. The van der Waals surface area contributed by atoms with Gasteiger partial charge < -0.3 is 19.7 Å². The number of hydrogen-bond donors (Lipinski definition) is 1. The van der Waals surface area contributed by atoms with Crippen LogP contribution in [0.2, 0.25) is 0 Å². The molecule has 3 amide bonds. The Bertz CT molecular complexity index is 773. The van der Waals surface area contributed by atoms with E-state index in [9.17, 15) is 23.2 Å². The summed E-state index contributed by atoms with van der Waals surface area (Å²) >= 11 is 0. The Morgan fingerprint density at radius 1 is 1.00 bits per heavy atom. The van der Waals surface area contributed by atoms with E-state index < -0.39 is 46.7 Å². The Labute approximate surface area is 214 Å². The van der Waals surface area contributed by atoms with Crippen LogP contribution >= 0.6 is 0 Å². The average Bonchev–Trinajstić information content (AvgIpc) is 3.12. The number of nitrogens with zero attached hydrogens (tertiary/aromatic N) is 2. The molecule has 8 nitrogen and oxygen atoms in total. The predicted molar refractivity (Wildman–Crippen MR) is 133 cm³/mol. The third-order valence-corrected chi connectivity index (χ3v) is 6.50. The summed E-state index contributed by atoms with van der Waals surface area (Å²) in [6.07, 6.45) is -0.737. The number of carbonyl (C=O) groups excluding carboxylic acids is 3. The van der Waals surface area contributed by atoms with Gasteiger partial charge in [-0.15, -0.1) is 0 Å². The normalized spacial score (nSPS) is 23.4. The van der Waals surface area contributed by atoms with Crippen molar-refractivity contribution in [2.75, 3.05) is 20.3 Å². The summed E-state index contributed by atoms with van der Waals surface area (Å²) in [7, 11) is 1.51. The minimum Gasteiger partial charge on any atom is -0.444 e. The van der Waals surface area contributed by atoms with E-state index in [2.05, 4.69) is 5.32 Å². The number of halogens is 2. The standard InChI is InChI=1S/C26H45F2N3O5/c1-23(2,3)29-20(32)19-14-18(15-30(19)22(34)36-24(4,5)6)31(21(33)25(7,8)16-35-9)17-10-12-26(27,28)13-11-17/h17-19H,10-16H2,1-9H3,(H,29,32)/t18-,19-/m0/s1. The van der Waals surface area contributed by atoms with Gasteiger partial charge in [0, 0.05) is 38.1 Å². The van der Waals surface area contributed by atoms with Gasteiger partial charge in [0.2, 0.25) is 17.7 Å². The lowest BCUT2D eigenvalue weighted by molar-refractivity contribution is -0.151. The zero-order chi connectivity index (χ0) is 27.7. The van der Waals surface area contributed by atoms with E-state index in [1.54, 1.807) is 39.5 Å². The molecular formula is C26H45F2N3O5. The summed E-state index contributed by atoms with van der Waals surface area (Å²) in [5.74, 6) is -3.32. The fraction of sp³-hybridized carbons (Fsp3) is 0.885. The van der Waals surface area contributed by atoms with Crippen LogP contribution in [0, 0.1) is 5.41 Å². The first-order valence-electron chi connectivity index (χ1n) is 12.8. The lowest BCUT2D eigenvalue weighted by atomic mass is 9.86. The highest BCUT2D eigenvalue weighted by molar-refractivity contribution is 5.88. The van der Waals surface area contributed by atoms with E-state index >= 15 is 0 Å². The van der Waals surface area contributed by atoms with Gasteiger partial charge in [-0.05, 0) is 74.7 Å². The van der Waals surface area contributed by atoms with Crippen LogP contribution in [0.15, 0.2) is 0 Å². The quantitative estimate of drug-likeness (QED) is 0.566. The second-order valence-corrected chi connectivity index (χ2v) is 12.9. The van der Waals surface area contributed by atoms with Crippen LogP contribution in [0.5, 0.6) is 0 Å². The Hall–Kier alpha value is -1.97. The van der Waals surface area contributed by atoms with E-state index in [4.69, 9.17) is 9.47 Å². The number of nitrogens with one attached hydrogen (secondary N) is 1. The molecule has 2 aliphatic rings. The number of methoxy groups -OCH3 is 1. The van der Waals surface area contributed by atoms with Gasteiger partial charge in [-0.25, -0.2) is 13.6 Å². The minimum atomic E-state index is -2.75. The lowest BCUT2D eigenvalue weighted by Gasteiger charge is -2.43. The van der Waals surface area contributed by atoms with Crippen molar-refractivity contribution in [3.05, 3.63) is 0 Å². The average molecular weight is 518 g/mol. The highest BCUT2D eigenvalue weighted by Crippen LogP contribution is 2.39. The topological polar surface area (TPSA) is 88.2 Å². The van der Waals surface area contributed by atoms with Crippen molar-refractivity contribution in [2.24, 2.45) is 5.41 Å². The highest BCUT2D eigenvalue weighted by atomic mass is 19.3. The molecule has 2 fully saturated rings. The smallest absolute Gasteiger partial charge is 0.411 e. The number of likely N-dealkylation sites (tertiary alicyclic amines) is 1. The molecule has 10 heteroatoms. The van der Waals surface area contributed by atoms with E-state index in [1.165, 1.54) is 12.0 Å². The summed E-state index contributed by atoms with van der Waals surface area (Å²) in [5.41, 5.74) is -2.21. The molecule has 208 valence electrons. The van der Waals surface area contributed by atoms with E-state index in [1.807, 2.05) is 20.8 Å². The van der Waals surface area contributed by atoms with Crippen molar-refractivity contribution in [1.82, 2.24) is 15.1 Å². The first kappa shape index (κ1) is 30.3. The van der Waals surface area contributed by atoms with Gasteiger partial charge in [0.1, 0.15) is 11.6 Å². The van der Waals surface area contributed by atoms with Crippen LogP contribution in [-0.2, 0) is 19.1 Å². The number of rotatable bonds is 6. The monoisotopic (exact) mass is 517 g/mol. The summed E-state index contributed by atoms with van der Waals surface area (Å²) in [6, 6.07) is -1.79. The zero-order valence-corrected chi connectivity index (χ0v) is 23.4. The predicted octanol–water partition coefficient (Wildman–Crippen LogP) is 4.36. The van der Waals surface area contributed by atoms with E-state index in [0.717, 1.165) is 0 Å². The third kappa shape index (κ3) is 8.02. The summed E-state index contributed by atoms with van der Waals surface area (Å²) < 4.78 is 38.8. The molecule has 2 rings (SSSR count). The van der Waals surface area contributed by atoms with Gasteiger partial charge in [0.15, 0.2) is 0 Å². The fourth-order valence-corrected chi connectivity index (χ4v) is 4.94. The molecule has 0 aromatic rings. The summed E-state index contributed by atoms with van der Waals surface area (Å²) in [5, 5.41) is 2.93. The van der Waals surface area contributed by atoms with Gasteiger partial charge in [0.05, 0.1) is 18.1 Å². The summed E-state index contributed by atoms with van der Waals surface area (Å²) in [4.78, 5) is 43.3. The molecule has 0 aromatic carbocycles. The van der Waals surface area contributed by atoms with Crippen molar-refractivity contribution in [3.63, 3.8) is 0 Å². The maximum absolute atomic E-state index is 14.0. The Kier molecular flexibility index (Phi) is 9.07. The largest absolute Gasteiger partial charge is 0.444 e. The lowest BCUT2D eigenvalue weighted by Crippen LogP contribution is -2.55. The van der Waals surface area contributed by atoms with Gasteiger partial charge in [0.25, 0.3) is 0 Å². The van der Waals surface area contributed by atoms with Gasteiger partial charge in [-0.3, -0.25) is 14.5 Å². The Morgan fingerprint density at radius 2 is 1.56 bits per heavy atom. The van der Waals surface area contributed by atoms with Crippen molar-refractivity contribution in [2.45, 2.75) is 123 Å². The minimum absolute atomic E-state index is 0.0822. The zero-order valence-electron chi connectivity index (χ0n) is 23.4. The number of ether oxygens (including phenoxy) is 2. The molecular weight excluding hydrogens is 472 g/mol. The molecule has 0 bridgehead atoms. The third-order valence-electron chi connectivity index (χ3n) is 6.50. The first-order chi connectivity index (χ1) is 16.3. The second-order valence-electron chi connectivity index (χ2n) is 12.9. The molecule has 1 aliphatic heterocycles. The molecule has 0 radical (unpaired) electrons. The Balaban J connectivity index is 2.43. The molecule has 36 heavy (non-hydrogen) atoms. The molecule has 1 saturated carbocycles. The van der Waals surface area contributed by atoms with Gasteiger partial charge in [-0.1, -0.05) is 0 Å². The maximum Gasteiger partial charge on any atom is 0.411 e. The molecule has 1 N–H and O–H groups in total. The number of amides is 3. The van der Waals surface area contributed by atoms with Crippen LogP contribution in [0.25, 0.3) is 0 Å². The van der Waals surface area contributed by atoms with Crippen molar-refractivity contribution >= 4 is 17.9 Å². The van der Waals surface area contributed by atoms with Crippen LogP contribution in [0.1, 0.15) is 87.5 Å². The Morgan fingerprint density at radius 3 is 2.03 bits per heavy atom. The fourth-order valence-electron chi connectivity index (χ4n) is 4.94.